The van der Waals surface area contributed by atoms with Crippen LogP contribution in [0, 0.1) is 11.6 Å². The molecule has 0 spiro atoms. The number of hydrogen-bond acceptors (Lipinski definition) is 2. The smallest absolute Gasteiger partial charge is 0.343 e. The number of hydrogen-bond donors (Lipinski definition) is 0. The van der Waals surface area contributed by atoms with Crippen LogP contribution in [0.15, 0.2) is 54.6 Å². The highest BCUT2D eigenvalue weighted by Crippen LogP contribution is 2.24. The van der Waals surface area contributed by atoms with Gasteiger partial charge in [-0.15, -0.1) is 0 Å². The van der Waals surface area contributed by atoms with E-state index in [-0.39, 0.29) is 0 Å². The van der Waals surface area contributed by atoms with Gasteiger partial charge in [-0.25, -0.2) is 13.6 Å². The molecule has 0 unspecified atom stereocenters. The maximum absolute atomic E-state index is 13.4. The van der Waals surface area contributed by atoms with Crippen LogP contribution in [-0.2, 0) is 6.42 Å². The molecule has 0 amide bonds. The van der Waals surface area contributed by atoms with Crippen molar-refractivity contribution in [3.8, 4) is 5.75 Å². The molecule has 0 aromatic heterocycles. The van der Waals surface area contributed by atoms with Gasteiger partial charge in [0.2, 0.25) is 0 Å². The minimum absolute atomic E-state index is 0.295. The van der Waals surface area contributed by atoms with Crippen LogP contribution < -0.4 is 4.74 Å². The Bertz CT molecular complexity index is 949. The molecule has 3 aromatic rings. The number of rotatable bonds is 8. The van der Waals surface area contributed by atoms with E-state index in [1.54, 1.807) is 24.3 Å². The van der Waals surface area contributed by atoms with E-state index in [1.165, 1.54) is 37.3 Å². The van der Waals surface area contributed by atoms with Gasteiger partial charge < -0.3 is 4.74 Å². The molecule has 0 fully saturated rings. The van der Waals surface area contributed by atoms with Gasteiger partial charge in [0.1, 0.15) is 5.75 Å². The standard InChI is InChI=1S/C24H24F2O2/c1-2-3-4-5-6-7-17-8-10-18(11-9-17)24(27)28-21-13-12-19-15-22(25)23(26)16-20(19)14-21/h8-16H,2-7H2,1H3. The fourth-order valence-electron chi connectivity index (χ4n) is 3.19. The topological polar surface area (TPSA) is 26.3 Å². The van der Waals surface area contributed by atoms with Gasteiger partial charge in [-0.1, -0.05) is 50.8 Å². The van der Waals surface area contributed by atoms with Crippen LogP contribution in [0.3, 0.4) is 0 Å². The lowest BCUT2D eigenvalue weighted by molar-refractivity contribution is 0.0735. The van der Waals surface area contributed by atoms with Gasteiger partial charge in [0.15, 0.2) is 11.6 Å². The Morgan fingerprint density at radius 2 is 1.50 bits per heavy atom. The molecule has 3 rings (SSSR count). The van der Waals surface area contributed by atoms with Crippen LogP contribution in [0.5, 0.6) is 5.75 Å². The number of ether oxygens (including phenoxy) is 1. The summed E-state index contributed by atoms with van der Waals surface area (Å²) in [7, 11) is 0. The van der Waals surface area contributed by atoms with Crippen LogP contribution >= 0.6 is 0 Å². The number of unbranched alkanes of at least 4 members (excludes halogenated alkanes) is 4. The molecule has 0 saturated heterocycles. The number of esters is 1. The first kappa shape index (κ1) is 20.0. The largest absolute Gasteiger partial charge is 0.423 e. The second kappa shape index (κ2) is 9.45. The Hall–Kier alpha value is -2.75. The van der Waals surface area contributed by atoms with Crippen molar-refractivity contribution in [2.45, 2.75) is 45.4 Å². The molecule has 0 N–H and O–H groups in total. The summed E-state index contributed by atoms with van der Waals surface area (Å²) in [5.74, 6) is -2.01. The predicted octanol–water partition coefficient (Wildman–Crippen LogP) is 6.85. The summed E-state index contributed by atoms with van der Waals surface area (Å²) >= 11 is 0. The molecule has 0 heterocycles. The monoisotopic (exact) mass is 382 g/mol. The Morgan fingerprint density at radius 3 is 2.21 bits per heavy atom. The fourth-order valence-corrected chi connectivity index (χ4v) is 3.19. The zero-order valence-electron chi connectivity index (χ0n) is 16.0. The Balaban J connectivity index is 1.61. The van der Waals surface area contributed by atoms with E-state index in [2.05, 4.69) is 6.92 Å². The first-order chi connectivity index (χ1) is 13.6. The van der Waals surface area contributed by atoms with Crippen molar-refractivity contribution in [3.05, 3.63) is 77.4 Å². The van der Waals surface area contributed by atoms with Crippen molar-refractivity contribution in [3.63, 3.8) is 0 Å². The van der Waals surface area contributed by atoms with Gasteiger partial charge in [0.05, 0.1) is 5.56 Å². The Kier molecular flexibility index (Phi) is 6.75. The SMILES string of the molecule is CCCCCCCc1ccc(C(=O)Oc2ccc3cc(F)c(F)cc3c2)cc1. The Labute approximate surface area is 164 Å². The zero-order chi connectivity index (χ0) is 19.9. The third kappa shape index (κ3) is 5.16. The van der Waals surface area contributed by atoms with Gasteiger partial charge in [0, 0.05) is 0 Å². The average molecular weight is 382 g/mol. The first-order valence-electron chi connectivity index (χ1n) is 9.77. The molecule has 146 valence electrons. The lowest BCUT2D eigenvalue weighted by Crippen LogP contribution is -2.08. The highest BCUT2D eigenvalue weighted by molar-refractivity contribution is 5.92. The van der Waals surface area contributed by atoms with Gasteiger partial charge in [-0.2, -0.15) is 0 Å². The van der Waals surface area contributed by atoms with E-state index >= 15 is 0 Å². The normalized spacial score (nSPS) is 11.0. The molecule has 28 heavy (non-hydrogen) atoms. The second-order valence-corrected chi connectivity index (χ2v) is 7.03. The van der Waals surface area contributed by atoms with Crippen molar-refractivity contribution >= 4 is 16.7 Å². The van der Waals surface area contributed by atoms with Gasteiger partial charge >= 0.3 is 5.97 Å². The van der Waals surface area contributed by atoms with Gasteiger partial charge in [0.25, 0.3) is 0 Å². The van der Waals surface area contributed by atoms with E-state index in [0.717, 1.165) is 25.0 Å². The van der Waals surface area contributed by atoms with E-state index in [0.29, 0.717) is 22.1 Å². The number of halogens is 2. The maximum Gasteiger partial charge on any atom is 0.343 e. The van der Waals surface area contributed by atoms with Crippen LogP contribution in [0.2, 0.25) is 0 Å². The molecule has 2 nitrogen and oxygen atoms in total. The molecule has 0 aliphatic heterocycles. The summed E-state index contributed by atoms with van der Waals surface area (Å²) in [5, 5.41) is 1.02. The van der Waals surface area contributed by atoms with Crippen LogP contribution in [0.1, 0.15) is 54.9 Å². The van der Waals surface area contributed by atoms with Crippen molar-refractivity contribution in [2.75, 3.05) is 0 Å². The maximum atomic E-state index is 13.4. The molecule has 0 saturated carbocycles. The molecule has 0 bridgehead atoms. The molecule has 0 radical (unpaired) electrons. The molecule has 0 atom stereocenters. The summed E-state index contributed by atoms with van der Waals surface area (Å²) in [4.78, 5) is 12.4. The van der Waals surface area contributed by atoms with Crippen molar-refractivity contribution in [1.29, 1.82) is 0 Å². The molecular weight excluding hydrogens is 358 g/mol. The Morgan fingerprint density at radius 1 is 0.821 bits per heavy atom. The summed E-state index contributed by atoms with van der Waals surface area (Å²) in [5.41, 5.74) is 1.66. The van der Waals surface area contributed by atoms with Crippen LogP contribution in [-0.4, -0.2) is 5.97 Å². The number of aryl methyl sites for hydroxylation is 1. The number of carbonyl (C=O) groups is 1. The third-order valence-electron chi connectivity index (χ3n) is 4.82. The van der Waals surface area contributed by atoms with Gasteiger partial charge in [-0.3, -0.25) is 0 Å². The molecule has 4 heteroatoms. The summed E-state index contributed by atoms with van der Waals surface area (Å²) in [6, 6.07) is 14.4. The van der Waals surface area contributed by atoms with Crippen molar-refractivity contribution < 1.29 is 18.3 Å². The number of benzene rings is 3. The highest BCUT2D eigenvalue weighted by Gasteiger charge is 2.10. The second-order valence-electron chi connectivity index (χ2n) is 7.03. The summed E-state index contributed by atoms with van der Waals surface area (Å²) in [6.07, 6.45) is 7.16. The summed E-state index contributed by atoms with van der Waals surface area (Å²) in [6.45, 7) is 2.20. The molecule has 3 aromatic carbocycles. The fraction of sp³-hybridized carbons (Fsp3) is 0.292. The third-order valence-corrected chi connectivity index (χ3v) is 4.82. The number of carbonyl (C=O) groups excluding carboxylic acids is 1. The zero-order valence-corrected chi connectivity index (χ0v) is 16.0. The van der Waals surface area contributed by atoms with Crippen molar-refractivity contribution in [2.24, 2.45) is 0 Å². The minimum atomic E-state index is -0.929. The highest BCUT2D eigenvalue weighted by atomic mass is 19.2. The van der Waals surface area contributed by atoms with Crippen molar-refractivity contribution in [1.82, 2.24) is 0 Å². The first-order valence-corrected chi connectivity index (χ1v) is 9.77. The quantitative estimate of drug-likeness (QED) is 0.242. The van der Waals surface area contributed by atoms with Crippen LogP contribution in [0.4, 0.5) is 8.78 Å². The predicted molar refractivity (Wildman–Crippen MR) is 108 cm³/mol. The molecule has 0 aliphatic carbocycles. The average Bonchev–Trinajstić information content (AvgIpc) is 2.69. The molecular formula is C24H24F2O2. The van der Waals surface area contributed by atoms with E-state index in [1.807, 2.05) is 12.1 Å². The van der Waals surface area contributed by atoms with E-state index in [4.69, 9.17) is 4.74 Å². The number of fused-ring (bicyclic) bond motifs is 1. The van der Waals surface area contributed by atoms with Gasteiger partial charge in [-0.05, 0) is 65.6 Å². The minimum Gasteiger partial charge on any atom is -0.423 e. The molecule has 0 aliphatic rings. The lowest BCUT2D eigenvalue weighted by Gasteiger charge is -2.07. The lowest BCUT2D eigenvalue weighted by atomic mass is 10.0. The van der Waals surface area contributed by atoms with E-state index in [9.17, 15) is 13.6 Å². The van der Waals surface area contributed by atoms with Crippen LogP contribution in [0.25, 0.3) is 10.8 Å². The summed E-state index contributed by atoms with van der Waals surface area (Å²) < 4.78 is 32.1. The van der Waals surface area contributed by atoms with E-state index < -0.39 is 17.6 Å².